The van der Waals surface area contributed by atoms with Gasteiger partial charge in [-0.2, -0.15) is 0 Å². The van der Waals surface area contributed by atoms with Gasteiger partial charge in [-0.3, -0.25) is 9.59 Å². The summed E-state index contributed by atoms with van der Waals surface area (Å²) < 4.78 is 0. The number of carbonyl (C=O) groups is 2. The molecule has 0 aliphatic carbocycles. The van der Waals surface area contributed by atoms with Gasteiger partial charge < -0.3 is 10.2 Å². The first-order chi connectivity index (χ1) is 7.47. The first-order valence-electron chi connectivity index (χ1n) is 5.60. The summed E-state index contributed by atoms with van der Waals surface area (Å²) in [6.45, 7) is 10.4. The summed E-state index contributed by atoms with van der Waals surface area (Å²) in [5, 5.41) is 2.65. The zero-order valence-corrected chi connectivity index (χ0v) is 10.5. The fourth-order valence-electron chi connectivity index (χ4n) is 1.18. The van der Waals surface area contributed by atoms with Gasteiger partial charge in [-0.1, -0.05) is 19.9 Å². The van der Waals surface area contributed by atoms with E-state index in [9.17, 15) is 9.59 Å². The molecule has 4 nitrogen and oxygen atoms in total. The lowest BCUT2D eigenvalue weighted by Gasteiger charge is -2.21. The van der Waals surface area contributed by atoms with Crippen LogP contribution in [0, 0.1) is 5.92 Å². The summed E-state index contributed by atoms with van der Waals surface area (Å²) in [5.74, 6) is 0.325. The van der Waals surface area contributed by atoms with Gasteiger partial charge in [-0.25, -0.2) is 0 Å². The van der Waals surface area contributed by atoms with Crippen molar-refractivity contribution in [3.8, 4) is 0 Å². The molecule has 0 radical (unpaired) electrons. The molecule has 2 amide bonds. The van der Waals surface area contributed by atoms with Gasteiger partial charge in [-0.15, -0.1) is 6.58 Å². The Kier molecular flexibility index (Phi) is 7.25. The van der Waals surface area contributed by atoms with Gasteiger partial charge in [0.25, 0.3) is 0 Å². The molecule has 0 rings (SSSR count). The molecule has 0 aromatic rings. The molecule has 0 spiro atoms. The van der Waals surface area contributed by atoms with Gasteiger partial charge in [0.05, 0.1) is 6.54 Å². The van der Waals surface area contributed by atoms with E-state index in [1.165, 1.54) is 6.92 Å². The molecule has 0 saturated heterocycles. The summed E-state index contributed by atoms with van der Waals surface area (Å²) in [4.78, 5) is 24.3. The normalized spacial score (nSPS) is 10.0. The molecule has 4 heteroatoms. The smallest absolute Gasteiger partial charge is 0.239 e. The molecule has 0 atom stereocenters. The lowest BCUT2D eigenvalue weighted by molar-refractivity contribution is -0.134. The molecular formula is C12H22N2O2. The van der Waals surface area contributed by atoms with Crippen molar-refractivity contribution in [1.82, 2.24) is 10.2 Å². The molecule has 16 heavy (non-hydrogen) atoms. The van der Waals surface area contributed by atoms with Crippen molar-refractivity contribution >= 4 is 11.8 Å². The van der Waals surface area contributed by atoms with E-state index in [0.717, 1.165) is 6.42 Å². The van der Waals surface area contributed by atoms with Crippen molar-refractivity contribution in [1.29, 1.82) is 0 Å². The molecule has 0 fully saturated rings. The molecule has 92 valence electrons. The third-order valence-electron chi connectivity index (χ3n) is 2.20. The summed E-state index contributed by atoms with van der Waals surface area (Å²) >= 11 is 0. The maximum absolute atomic E-state index is 11.4. The molecule has 1 N–H and O–H groups in total. The van der Waals surface area contributed by atoms with Crippen LogP contribution in [0.1, 0.15) is 27.2 Å². The highest BCUT2D eigenvalue weighted by molar-refractivity contribution is 5.83. The topological polar surface area (TPSA) is 49.4 Å². The molecule has 0 aliphatic rings. The molecule has 0 unspecified atom stereocenters. The lowest BCUT2D eigenvalue weighted by atomic mass is 10.1. The number of rotatable bonds is 7. The van der Waals surface area contributed by atoms with Crippen LogP contribution in [0.25, 0.3) is 0 Å². The second-order valence-electron chi connectivity index (χ2n) is 4.22. The molecule has 0 aliphatic heterocycles. The van der Waals surface area contributed by atoms with Crippen molar-refractivity contribution in [2.75, 3.05) is 19.6 Å². The van der Waals surface area contributed by atoms with Crippen LogP contribution in [0.2, 0.25) is 0 Å². The van der Waals surface area contributed by atoms with Crippen LogP contribution in [-0.2, 0) is 9.59 Å². The molecule has 0 saturated carbocycles. The minimum absolute atomic E-state index is 0.0607. The number of nitrogens with zero attached hydrogens (tertiary/aromatic N) is 1. The molecular weight excluding hydrogens is 204 g/mol. The maximum atomic E-state index is 11.4. The zero-order valence-electron chi connectivity index (χ0n) is 10.5. The predicted octanol–water partition coefficient (Wildman–Crippen LogP) is 1.18. The van der Waals surface area contributed by atoms with Crippen molar-refractivity contribution in [3.63, 3.8) is 0 Å². The Morgan fingerprint density at radius 2 is 2.06 bits per heavy atom. The molecule has 0 bridgehead atoms. The Balaban J connectivity index is 4.07. The largest absolute Gasteiger partial charge is 0.351 e. The second-order valence-corrected chi connectivity index (χ2v) is 4.22. The van der Waals surface area contributed by atoms with E-state index in [-0.39, 0.29) is 18.4 Å². The van der Waals surface area contributed by atoms with Crippen molar-refractivity contribution in [2.45, 2.75) is 27.2 Å². The van der Waals surface area contributed by atoms with Crippen molar-refractivity contribution in [2.24, 2.45) is 5.92 Å². The minimum Gasteiger partial charge on any atom is -0.351 e. The Labute approximate surface area is 97.7 Å². The summed E-state index contributed by atoms with van der Waals surface area (Å²) in [5.41, 5.74) is 0. The monoisotopic (exact) mass is 226 g/mol. The van der Waals surface area contributed by atoms with Gasteiger partial charge in [0.1, 0.15) is 0 Å². The summed E-state index contributed by atoms with van der Waals surface area (Å²) in [6.07, 6.45) is 2.53. The fraction of sp³-hybridized carbons (Fsp3) is 0.667. The standard InChI is InChI=1S/C12H22N2O2/c1-5-7-13-12(16)9-14(11(4)15)8-6-10(2)3/h5,10H,1,6-9H2,2-4H3,(H,13,16). The van der Waals surface area contributed by atoms with Crippen LogP contribution in [0.4, 0.5) is 0 Å². The van der Waals surface area contributed by atoms with Gasteiger partial charge in [0, 0.05) is 20.0 Å². The number of hydrogen-bond donors (Lipinski definition) is 1. The quantitative estimate of drug-likeness (QED) is 0.663. The third kappa shape index (κ3) is 7.04. The van der Waals surface area contributed by atoms with E-state index in [0.29, 0.717) is 19.0 Å². The average molecular weight is 226 g/mol. The summed E-state index contributed by atoms with van der Waals surface area (Å²) in [6, 6.07) is 0. The Morgan fingerprint density at radius 1 is 1.44 bits per heavy atom. The number of carbonyl (C=O) groups excluding carboxylic acids is 2. The SMILES string of the molecule is C=CCNC(=O)CN(CCC(C)C)C(C)=O. The Hall–Kier alpha value is -1.32. The van der Waals surface area contributed by atoms with Crippen molar-refractivity contribution in [3.05, 3.63) is 12.7 Å². The van der Waals surface area contributed by atoms with E-state index in [2.05, 4.69) is 25.7 Å². The van der Waals surface area contributed by atoms with Crippen molar-refractivity contribution < 1.29 is 9.59 Å². The van der Waals surface area contributed by atoms with Crippen LogP contribution < -0.4 is 5.32 Å². The van der Waals surface area contributed by atoms with Crippen LogP contribution in [0.5, 0.6) is 0 Å². The maximum Gasteiger partial charge on any atom is 0.239 e. The van der Waals surface area contributed by atoms with E-state index in [1.807, 2.05) is 0 Å². The fourth-order valence-corrected chi connectivity index (χ4v) is 1.18. The third-order valence-corrected chi connectivity index (χ3v) is 2.20. The van der Waals surface area contributed by atoms with E-state index in [1.54, 1.807) is 11.0 Å². The Morgan fingerprint density at radius 3 is 2.50 bits per heavy atom. The van der Waals surface area contributed by atoms with Gasteiger partial charge in [0.15, 0.2) is 0 Å². The van der Waals surface area contributed by atoms with Gasteiger partial charge in [0.2, 0.25) is 11.8 Å². The van der Waals surface area contributed by atoms with Crippen LogP contribution in [-0.4, -0.2) is 36.3 Å². The lowest BCUT2D eigenvalue weighted by Crippen LogP contribution is -2.40. The van der Waals surface area contributed by atoms with Crippen LogP contribution in [0.15, 0.2) is 12.7 Å². The highest BCUT2D eigenvalue weighted by atomic mass is 16.2. The average Bonchev–Trinajstić information content (AvgIpc) is 2.20. The first kappa shape index (κ1) is 14.7. The molecule has 0 aromatic heterocycles. The van der Waals surface area contributed by atoms with Crippen LogP contribution in [0.3, 0.4) is 0 Å². The van der Waals surface area contributed by atoms with Crippen LogP contribution >= 0.6 is 0 Å². The highest BCUT2D eigenvalue weighted by Crippen LogP contribution is 2.02. The van der Waals surface area contributed by atoms with E-state index < -0.39 is 0 Å². The number of amides is 2. The zero-order chi connectivity index (χ0) is 12.6. The van der Waals surface area contributed by atoms with E-state index >= 15 is 0 Å². The Bertz CT molecular complexity index is 249. The number of hydrogen-bond acceptors (Lipinski definition) is 2. The molecule has 0 aromatic carbocycles. The van der Waals surface area contributed by atoms with E-state index in [4.69, 9.17) is 0 Å². The first-order valence-corrected chi connectivity index (χ1v) is 5.60. The van der Waals surface area contributed by atoms with Gasteiger partial charge in [-0.05, 0) is 12.3 Å². The highest BCUT2D eigenvalue weighted by Gasteiger charge is 2.13. The minimum atomic E-state index is -0.140. The second kappa shape index (κ2) is 7.91. The van der Waals surface area contributed by atoms with Gasteiger partial charge >= 0.3 is 0 Å². The predicted molar refractivity (Wildman–Crippen MR) is 64.9 cm³/mol. The summed E-state index contributed by atoms with van der Waals surface area (Å²) in [7, 11) is 0. The molecule has 0 heterocycles. The number of nitrogens with one attached hydrogen (secondary N) is 1.